The standard InChI is InChI=1S/C15H26N2O2/c16-15(8-4-1-5-9-15)14(18)17-10-11-19-13-7-3-2-6-12(13)17/h12-13H,1-11,16H2. The van der Waals surface area contributed by atoms with Gasteiger partial charge in [-0.15, -0.1) is 0 Å². The van der Waals surface area contributed by atoms with E-state index in [2.05, 4.69) is 4.90 Å². The number of nitrogens with two attached hydrogens (primary N) is 1. The van der Waals surface area contributed by atoms with E-state index in [1.807, 2.05) is 0 Å². The molecule has 4 nitrogen and oxygen atoms in total. The van der Waals surface area contributed by atoms with Gasteiger partial charge in [0.2, 0.25) is 5.91 Å². The van der Waals surface area contributed by atoms with E-state index < -0.39 is 5.54 Å². The van der Waals surface area contributed by atoms with Crippen molar-refractivity contribution in [2.45, 2.75) is 75.5 Å². The lowest BCUT2D eigenvalue weighted by Crippen LogP contribution is -2.63. The quantitative estimate of drug-likeness (QED) is 0.787. The highest BCUT2D eigenvalue weighted by molar-refractivity contribution is 5.86. The molecule has 2 unspecified atom stereocenters. The molecule has 2 N–H and O–H groups in total. The summed E-state index contributed by atoms with van der Waals surface area (Å²) in [6, 6.07) is 0.289. The van der Waals surface area contributed by atoms with E-state index in [-0.39, 0.29) is 18.1 Å². The number of rotatable bonds is 1. The van der Waals surface area contributed by atoms with E-state index in [1.165, 1.54) is 19.3 Å². The number of hydrogen-bond acceptors (Lipinski definition) is 3. The first-order valence-corrected chi connectivity index (χ1v) is 7.92. The summed E-state index contributed by atoms with van der Waals surface area (Å²) in [4.78, 5) is 14.9. The smallest absolute Gasteiger partial charge is 0.243 e. The number of fused-ring (bicyclic) bond motifs is 1. The van der Waals surface area contributed by atoms with Crippen LogP contribution in [-0.2, 0) is 9.53 Å². The van der Waals surface area contributed by atoms with Crippen molar-refractivity contribution in [2.24, 2.45) is 5.73 Å². The van der Waals surface area contributed by atoms with Crippen molar-refractivity contribution in [1.82, 2.24) is 4.90 Å². The van der Waals surface area contributed by atoms with Crippen LogP contribution in [0.3, 0.4) is 0 Å². The van der Waals surface area contributed by atoms with Crippen LogP contribution >= 0.6 is 0 Å². The van der Waals surface area contributed by atoms with E-state index >= 15 is 0 Å². The normalized spacial score (nSPS) is 34.7. The van der Waals surface area contributed by atoms with Crippen LogP contribution in [0.15, 0.2) is 0 Å². The summed E-state index contributed by atoms with van der Waals surface area (Å²) < 4.78 is 5.85. The van der Waals surface area contributed by atoms with Crippen molar-refractivity contribution in [3.05, 3.63) is 0 Å². The molecule has 1 aliphatic heterocycles. The van der Waals surface area contributed by atoms with Crippen LogP contribution in [0.2, 0.25) is 0 Å². The van der Waals surface area contributed by atoms with Gasteiger partial charge in [-0.1, -0.05) is 32.1 Å². The van der Waals surface area contributed by atoms with Crippen LogP contribution in [0, 0.1) is 0 Å². The van der Waals surface area contributed by atoms with Gasteiger partial charge in [-0.05, 0) is 25.7 Å². The highest BCUT2D eigenvalue weighted by Crippen LogP contribution is 2.33. The molecule has 0 aromatic rings. The molecule has 2 aliphatic carbocycles. The lowest BCUT2D eigenvalue weighted by atomic mass is 9.80. The van der Waals surface area contributed by atoms with Crippen LogP contribution in [0.4, 0.5) is 0 Å². The number of morpholine rings is 1. The molecule has 0 bridgehead atoms. The summed E-state index contributed by atoms with van der Waals surface area (Å²) in [7, 11) is 0. The lowest BCUT2D eigenvalue weighted by Gasteiger charge is -2.47. The van der Waals surface area contributed by atoms with Gasteiger partial charge in [-0.3, -0.25) is 4.79 Å². The molecule has 0 aromatic carbocycles. The molecule has 108 valence electrons. The average Bonchev–Trinajstić information content (AvgIpc) is 2.47. The van der Waals surface area contributed by atoms with Crippen molar-refractivity contribution >= 4 is 5.91 Å². The summed E-state index contributed by atoms with van der Waals surface area (Å²) in [5, 5.41) is 0. The van der Waals surface area contributed by atoms with Crippen LogP contribution < -0.4 is 5.73 Å². The predicted molar refractivity (Wildman–Crippen MR) is 73.7 cm³/mol. The van der Waals surface area contributed by atoms with Gasteiger partial charge in [-0.2, -0.15) is 0 Å². The van der Waals surface area contributed by atoms with E-state index in [4.69, 9.17) is 10.5 Å². The van der Waals surface area contributed by atoms with Crippen LogP contribution in [0.1, 0.15) is 57.8 Å². The van der Waals surface area contributed by atoms with Crippen LogP contribution in [0.5, 0.6) is 0 Å². The first-order chi connectivity index (χ1) is 9.21. The molecule has 0 aromatic heterocycles. The third kappa shape index (κ3) is 2.52. The van der Waals surface area contributed by atoms with Gasteiger partial charge in [0.15, 0.2) is 0 Å². The van der Waals surface area contributed by atoms with Crippen LogP contribution in [0.25, 0.3) is 0 Å². The van der Waals surface area contributed by atoms with E-state index in [1.54, 1.807) is 0 Å². The molecule has 1 heterocycles. The first-order valence-electron chi connectivity index (χ1n) is 7.92. The molecule has 1 amide bonds. The number of hydrogen-bond donors (Lipinski definition) is 1. The predicted octanol–water partition coefficient (Wildman–Crippen LogP) is 1.82. The third-order valence-electron chi connectivity index (χ3n) is 5.16. The average molecular weight is 266 g/mol. The maximum atomic E-state index is 12.9. The monoisotopic (exact) mass is 266 g/mol. The van der Waals surface area contributed by atoms with E-state index in [0.29, 0.717) is 6.61 Å². The molecule has 0 spiro atoms. The molecule has 3 rings (SSSR count). The molecule has 2 saturated carbocycles. The fourth-order valence-corrected chi connectivity index (χ4v) is 4.03. The topological polar surface area (TPSA) is 55.6 Å². The molecular weight excluding hydrogens is 240 g/mol. The summed E-state index contributed by atoms with van der Waals surface area (Å²) >= 11 is 0. The molecule has 2 atom stereocenters. The number of carbonyl (C=O) groups excluding carboxylic acids is 1. The molecule has 4 heteroatoms. The van der Waals surface area contributed by atoms with Gasteiger partial charge in [0, 0.05) is 6.54 Å². The van der Waals surface area contributed by atoms with Crippen molar-refractivity contribution in [2.75, 3.05) is 13.2 Å². The molecule has 1 saturated heterocycles. The Labute approximate surface area is 115 Å². The van der Waals surface area contributed by atoms with E-state index in [9.17, 15) is 4.79 Å². The zero-order valence-electron chi connectivity index (χ0n) is 11.8. The minimum atomic E-state index is -0.586. The second-order valence-corrected chi connectivity index (χ2v) is 6.48. The lowest BCUT2D eigenvalue weighted by molar-refractivity contribution is -0.156. The van der Waals surface area contributed by atoms with E-state index in [0.717, 1.165) is 45.1 Å². The Balaban J connectivity index is 1.74. The third-order valence-corrected chi connectivity index (χ3v) is 5.16. The summed E-state index contributed by atoms with van der Waals surface area (Å²) in [6.45, 7) is 1.42. The van der Waals surface area contributed by atoms with Gasteiger partial charge in [-0.25, -0.2) is 0 Å². The van der Waals surface area contributed by atoms with Gasteiger partial charge in [0.25, 0.3) is 0 Å². The number of ether oxygens (including phenoxy) is 1. The minimum absolute atomic E-state index is 0.201. The summed E-state index contributed by atoms with van der Waals surface area (Å²) in [5.41, 5.74) is 5.84. The second kappa shape index (κ2) is 5.41. The zero-order valence-corrected chi connectivity index (χ0v) is 11.8. The first kappa shape index (κ1) is 13.4. The van der Waals surface area contributed by atoms with Crippen molar-refractivity contribution in [3.8, 4) is 0 Å². The van der Waals surface area contributed by atoms with Crippen molar-refractivity contribution < 1.29 is 9.53 Å². The fourth-order valence-electron chi connectivity index (χ4n) is 4.03. The summed E-state index contributed by atoms with van der Waals surface area (Å²) in [5.74, 6) is 0.201. The number of amides is 1. The van der Waals surface area contributed by atoms with Crippen LogP contribution in [-0.4, -0.2) is 41.6 Å². The molecule has 19 heavy (non-hydrogen) atoms. The maximum absolute atomic E-state index is 12.9. The fraction of sp³-hybridized carbons (Fsp3) is 0.933. The van der Waals surface area contributed by atoms with Gasteiger partial charge in [0.1, 0.15) is 0 Å². The Morgan fingerprint density at radius 3 is 2.63 bits per heavy atom. The molecule has 3 aliphatic rings. The van der Waals surface area contributed by atoms with Crippen molar-refractivity contribution in [1.29, 1.82) is 0 Å². The Morgan fingerprint density at radius 2 is 1.84 bits per heavy atom. The maximum Gasteiger partial charge on any atom is 0.243 e. The Morgan fingerprint density at radius 1 is 1.11 bits per heavy atom. The zero-order chi connectivity index (χ0) is 13.3. The number of nitrogens with zero attached hydrogens (tertiary/aromatic N) is 1. The largest absolute Gasteiger partial charge is 0.374 e. The second-order valence-electron chi connectivity index (χ2n) is 6.48. The van der Waals surface area contributed by atoms with Gasteiger partial charge < -0.3 is 15.4 Å². The van der Waals surface area contributed by atoms with Gasteiger partial charge in [0.05, 0.1) is 24.3 Å². The molecular formula is C15H26N2O2. The summed E-state index contributed by atoms with van der Waals surface area (Å²) in [6.07, 6.45) is 10.0. The molecule has 0 radical (unpaired) electrons. The Hall–Kier alpha value is -0.610. The Kier molecular flexibility index (Phi) is 3.81. The Bertz CT molecular complexity index is 337. The SMILES string of the molecule is NC1(C(=O)N2CCOC3CCCCC32)CCCCC1. The van der Waals surface area contributed by atoms with Gasteiger partial charge >= 0.3 is 0 Å². The number of carbonyl (C=O) groups is 1. The highest BCUT2D eigenvalue weighted by atomic mass is 16.5. The van der Waals surface area contributed by atoms with Crippen molar-refractivity contribution in [3.63, 3.8) is 0 Å². The minimum Gasteiger partial charge on any atom is -0.374 e. The molecule has 3 fully saturated rings. The highest BCUT2D eigenvalue weighted by Gasteiger charge is 2.44.